The molecule has 0 bridgehead atoms. The van der Waals surface area contributed by atoms with E-state index >= 15 is 0 Å². The fraction of sp³-hybridized carbons (Fsp3) is 0.462. The number of nitrogens with one attached hydrogen (secondary N) is 2. The Bertz CT molecular complexity index is 905. The van der Waals surface area contributed by atoms with Gasteiger partial charge in [-0.05, 0) is 49.4 Å². The quantitative estimate of drug-likeness (QED) is 0.516. The van der Waals surface area contributed by atoms with E-state index in [2.05, 4.69) is 60.0 Å². The zero-order valence-corrected chi connectivity index (χ0v) is 19.0. The van der Waals surface area contributed by atoms with Crippen molar-refractivity contribution in [2.75, 3.05) is 37.7 Å². The molecule has 2 saturated heterocycles. The standard InChI is InChI=1S/C26H34N4O2/c1-2-27-25(28-19-21-10-12-23(13-11-21)30-16-6-9-24(30)31)29-20-26(14-17-32-18-15-26)22-7-4-3-5-8-22/h3-5,7-8,10-13H,2,6,9,14-20H2,1H3,(H2,27,28,29). The van der Waals surface area contributed by atoms with Crippen molar-refractivity contribution in [3.63, 3.8) is 0 Å². The number of carbonyl (C=O) groups is 1. The molecule has 0 aliphatic carbocycles. The van der Waals surface area contributed by atoms with Crippen molar-refractivity contribution in [3.05, 3.63) is 65.7 Å². The summed E-state index contributed by atoms with van der Waals surface area (Å²) in [5, 5.41) is 6.97. The van der Waals surface area contributed by atoms with Crippen LogP contribution in [0.5, 0.6) is 0 Å². The van der Waals surface area contributed by atoms with Crippen molar-refractivity contribution in [3.8, 4) is 0 Å². The van der Waals surface area contributed by atoms with E-state index in [4.69, 9.17) is 9.73 Å². The predicted octanol–water partition coefficient (Wildman–Crippen LogP) is 3.62. The van der Waals surface area contributed by atoms with Crippen LogP contribution < -0.4 is 15.5 Å². The van der Waals surface area contributed by atoms with Crippen molar-refractivity contribution < 1.29 is 9.53 Å². The summed E-state index contributed by atoms with van der Waals surface area (Å²) in [5.74, 6) is 1.04. The predicted molar refractivity (Wildman–Crippen MR) is 129 cm³/mol. The summed E-state index contributed by atoms with van der Waals surface area (Å²) in [6.45, 7) is 6.70. The summed E-state index contributed by atoms with van der Waals surface area (Å²) in [6, 6.07) is 18.9. The molecule has 2 aromatic carbocycles. The molecule has 2 aromatic rings. The Kier molecular flexibility index (Phi) is 7.43. The lowest BCUT2D eigenvalue weighted by Crippen LogP contribution is -2.48. The summed E-state index contributed by atoms with van der Waals surface area (Å²) < 4.78 is 5.66. The van der Waals surface area contributed by atoms with Gasteiger partial charge in [0.1, 0.15) is 0 Å². The van der Waals surface area contributed by atoms with Crippen LogP contribution in [0, 0.1) is 0 Å². The molecule has 0 saturated carbocycles. The second-order valence-electron chi connectivity index (χ2n) is 8.62. The van der Waals surface area contributed by atoms with E-state index in [0.29, 0.717) is 13.0 Å². The van der Waals surface area contributed by atoms with E-state index < -0.39 is 0 Å². The normalized spacial score (nSPS) is 18.6. The van der Waals surface area contributed by atoms with Crippen LogP contribution >= 0.6 is 0 Å². The Morgan fingerprint density at radius 3 is 2.47 bits per heavy atom. The van der Waals surface area contributed by atoms with E-state index in [9.17, 15) is 4.79 Å². The SMILES string of the molecule is CCNC(=NCc1ccc(N2CCCC2=O)cc1)NCC1(c2ccccc2)CCOCC1. The van der Waals surface area contributed by atoms with E-state index in [1.165, 1.54) is 5.56 Å². The van der Waals surface area contributed by atoms with Gasteiger partial charge in [0.25, 0.3) is 0 Å². The zero-order valence-electron chi connectivity index (χ0n) is 19.0. The average molecular weight is 435 g/mol. The third kappa shape index (κ3) is 5.30. The van der Waals surface area contributed by atoms with Crippen LogP contribution in [0.1, 0.15) is 43.7 Å². The molecule has 0 unspecified atom stereocenters. The van der Waals surface area contributed by atoms with Crippen molar-refractivity contribution in [1.82, 2.24) is 10.6 Å². The van der Waals surface area contributed by atoms with Crippen molar-refractivity contribution in [2.24, 2.45) is 4.99 Å². The molecule has 2 N–H and O–H groups in total. The Morgan fingerprint density at radius 2 is 1.81 bits per heavy atom. The molecule has 0 aromatic heterocycles. The number of hydrogen-bond acceptors (Lipinski definition) is 3. The maximum absolute atomic E-state index is 12.0. The molecule has 6 nitrogen and oxygen atoms in total. The molecule has 2 aliphatic rings. The molecule has 6 heteroatoms. The molecule has 0 spiro atoms. The van der Waals surface area contributed by atoms with Crippen molar-refractivity contribution >= 4 is 17.6 Å². The molecule has 1 amide bonds. The number of guanidine groups is 1. The second kappa shape index (κ2) is 10.6. The minimum atomic E-state index is 0.0552. The van der Waals surface area contributed by atoms with Gasteiger partial charge in [-0.3, -0.25) is 4.79 Å². The van der Waals surface area contributed by atoms with Gasteiger partial charge >= 0.3 is 0 Å². The molecule has 2 heterocycles. The monoisotopic (exact) mass is 434 g/mol. The van der Waals surface area contributed by atoms with E-state index in [1.54, 1.807) is 0 Å². The number of aliphatic imine (C=N–C) groups is 1. The van der Waals surface area contributed by atoms with Crippen LogP contribution in [-0.4, -0.2) is 44.7 Å². The van der Waals surface area contributed by atoms with Crippen LogP contribution in [0.2, 0.25) is 0 Å². The Morgan fingerprint density at radius 1 is 1.06 bits per heavy atom. The molecule has 2 fully saturated rings. The van der Waals surface area contributed by atoms with Crippen LogP contribution in [-0.2, 0) is 21.5 Å². The Hall–Kier alpha value is -2.86. The number of benzene rings is 2. The maximum atomic E-state index is 12.0. The summed E-state index contributed by atoms with van der Waals surface area (Å²) in [5.41, 5.74) is 3.52. The Balaban J connectivity index is 1.42. The van der Waals surface area contributed by atoms with Gasteiger partial charge < -0.3 is 20.3 Å². The van der Waals surface area contributed by atoms with Gasteiger partial charge in [0, 0.05) is 50.4 Å². The molecular weight excluding hydrogens is 400 g/mol. The first-order valence-electron chi connectivity index (χ1n) is 11.7. The van der Waals surface area contributed by atoms with Gasteiger partial charge in [0.15, 0.2) is 5.96 Å². The third-order valence-corrected chi connectivity index (χ3v) is 6.52. The van der Waals surface area contributed by atoms with Gasteiger partial charge in [-0.2, -0.15) is 0 Å². The number of rotatable bonds is 7. The van der Waals surface area contributed by atoms with Gasteiger partial charge in [-0.25, -0.2) is 4.99 Å². The summed E-state index contributed by atoms with van der Waals surface area (Å²) in [4.78, 5) is 18.6. The minimum absolute atomic E-state index is 0.0552. The minimum Gasteiger partial charge on any atom is -0.381 e. The molecule has 4 rings (SSSR count). The Labute approximate surface area is 191 Å². The van der Waals surface area contributed by atoms with Gasteiger partial charge in [-0.15, -0.1) is 0 Å². The van der Waals surface area contributed by atoms with Crippen LogP contribution in [0.15, 0.2) is 59.6 Å². The summed E-state index contributed by atoms with van der Waals surface area (Å²) >= 11 is 0. The number of anilines is 1. The summed E-state index contributed by atoms with van der Waals surface area (Å²) in [7, 11) is 0. The second-order valence-corrected chi connectivity index (χ2v) is 8.62. The number of carbonyl (C=O) groups excluding carboxylic acids is 1. The van der Waals surface area contributed by atoms with Crippen LogP contribution in [0.25, 0.3) is 0 Å². The lowest BCUT2D eigenvalue weighted by atomic mass is 9.74. The summed E-state index contributed by atoms with van der Waals surface area (Å²) in [6.07, 6.45) is 3.60. The average Bonchev–Trinajstić information content (AvgIpc) is 3.28. The number of amides is 1. The van der Waals surface area contributed by atoms with Crippen molar-refractivity contribution in [2.45, 2.75) is 44.6 Å². The fourth-order valence-corrected chi connectivity index (χ4v) is 4.59. The molecule has 32 heavy (non-hydrogen) atoms. The molecule has 170 valence electrons. The highest BCUT2D eigenvalue weighted by atomic mass is 16.5. The fourth-order valence-electron chi connectivity index (χ4n) is 4.59. The van der Waals surface area contributed by atoms with E-state index in [1.807, 2.05) is 17.0 Å². The molecule has 0 radical (unpaired) electrons. The first-order chi connectivity index (χ1) is 15.7. The first kappa shape index (κ1) is 22.3. The smallest absolute Gasteiger partial charge is 0.227 e. The molecular formula is C26H34N4O2. The molecule has 0 atom stereocenters. The third-order valence-electron chi connectivity index (χ3n) is 6.52. The molecule has 2 aliphatic heterocycles. The highest BCUT2D eigenvalue weighted by Crippen LogP contribution is 2.34. The van der Waals surface area contributed by atoms with Crippen molar-refractivity contribution in [1.29, 1.82) is 0 Å². The lowest BCUT2D eigenvalue weighted by Gasteiger charge is -2.38. The largest absolute Gasteiger partial charge is 0.381 e. The van der Waals surface area contributed by atoms with Crippen LogP contribution in [0.4, 0.5) is 5.69 Å². The number of hydrogen-bond donors (Lipinski definition) is 2. The lowest BCUT2D eigenvalue weighted by molar-refractivity contribution is -0.117. The van der Waals surface area contributed by atoms with Crippen LogP contribution in [0.3, 0.4) is 0 Å². The van der Waals surface area contributed by atoms with Gasteiger partial charge in [0.05, 0.1) is 6.54 Å². The number of nitrogens with zero attached hydrogens (tertiary/aromatic N) is 2. The van der Waals surface area contributed by atoms with Gasteiger partial charge in [0.2, 0.25) is 5.91 Å². The maximum Gasteiger partial charge on any atom is 0.227 e. The van der Waals surface area contributed by atoms with E-state index in [-0.39, 0.29) is 11.3 Å². The zero-order chi connectivity index (χ0) is 22.2. The first-order valence-corrected chi connectivity index (χ1v) is 11.7. The highest BCUT2D eigenvalue weighted by molar-refractivity contribution is 5.95. The van der Waals surface area contributed by atoms with E-state index in [0.717, 1.165) is 69.3 Å². The van der Waals surface area contributed by atoms with Gasteiger partial charge in [-0.1, -0.05) is 42.5 Å². The highest BCUT2D eigenvalue weighted by Gasteiger charge is 2.34. The topological polar surface area (TPSA) is 66.0 Å². The number of ether oxygens (including phenoxy) is 1.